The van der Waals surface area contributed by atoms with Gasteiger partial charge in [-0.05, 0) is 50.9 Å². The Labute approximate surface area is 115 Å². The minimum Gasteiger partial charge on any atom is -0.338 e. The van der Waals surface area contributed by atoms with Gasteiger partial charge in [0.15, 0.2) is 0 Å². The van der Waals surface area contributed by atoms with Crippen molar-refractivity contribution in [1.82, 2.24) is 15.2 Å². The molecule has 1 unspecified atom stereocenters. The van der Waals surface area contributed by atoms with Gasteiger partial charge in [-0.1, -0.05) is 0 Å². The molecule has 2 rings (SSSR count). The highest BCUT2D eigenvalue weighted by Crippen LogP contribution is 2.28. The molecular formula is C15H23N3O. The molecule has 0 aromatic carbocycles. The summed E-state index contributed by atoms with van der Waals surface area (Å²) in [5.41, 5.74) is 0.888. The number of carbonyl (C=O) groups is 1. The van der Waals surface area contributed by atoms with E-state index in [9.17, 15) is 4.79 Å². The van der Waals surface area contributed by atoms with Gasteiger partial charge in [0.05, 0.1) is 5.41 Å². The lowest BCUT2D eigenvalue weighted by Gasteiger charge is -2.37. The molecule has 0 bridgehead atoms. The predicted molar refractivity (Wildman–Crippen MR) is 75.5 cm³/mol. The number of hydrogen-bond acceptors (Lipinski definition) is 3. The zero-order chi connectivity index (χ0) is 13.7. The van der Waals surface area contributed by atoms with E-state index in [-0.39, 0.29) is 11.3 Å². The molecule has 104 valence electrons. The average molecular weight is 261 g/mol. The van der Waals surface area contributed by atoms with Gasteiger partial charge in [-0.3, -0.25) is 9.78 Å². The van der Waals surface area contributed by atoms with Gasteiger partial charge in [-0.15, -0.1) is 0 Å². The normalized spacial score (nSPS) is 23.1. The number of nitrogens with one attached hydrogen (secondary N) is 1. The number of hydrogen-bond donors (Lipinski definition) is 1. The van der Waals surface area contributed by atoms with E-state index in [0.29, 0.717) is 6.54 Å². The van der Waals surface area contributed by atoms with Crippen LogP contribution in [0.25, 0.3) is 0 Å². The van der Waals surface area contributed by atoms with Gasteiger partial charge < -0.3 is 10.2 Å². The van der Waals surface area contributed by atoms with Gasteiger partial charge in [0.2, 0.25) is 5.91 Å². The number of nitrogens with zero attached hydrogens (tertiary/aromatic N) is 2. The fourth-order valence-electron chi connectivity index (χ4n) is 2.66. The molecule has 19 heavy (non-hydrogen) atoms. The van der Waals surface area contributed by atoms with Crippen LogP contribution in [-0.4, -0.2) is 35.4 Å². The standard InChI is InChI=1S/C15H23N3O/c1-3-18(11-13-5-9-16-10-6-13)14(19)15(2)7-4-8-17-12-15/h5-6,9-10,17H,3-4,7-8,11-12H2,1-2H3. The molecule has 1 atom stereocenters. The summed E-state index contributed by atoms with van der Waals surface area (Å²) in [6.45, 7) is 7.36. The number of pyridine rings is 1. The molecule has 0 radical (unpaired) electrons. The second-order valence-electron chi connectivity index (χ2n) is 5.52. The summed E-state index contributed by atoms with van der Waals surface area (Å²) in [4.78, 5) is 18.7. The van der Waals surface area contributed by atoms with Crippen LogP contribution in [0.3, 0.4) is 0 Å². The Balaban J connectivity index is 2.06. The monoisotopic (exact) mass is 261 g/mol. The zero-order valence-electron chi connectivity index (χ0n) is 11.9. The van der Waals surface area contributed by atoms with Crippen LogP contribution in [-0.2, 0) is 11.3 Å². The first-order valence-corrected chi connectivity index (χ1v) is 7.05. The topological polar surface area (TPSA) is 45.2 Å². The van der Waals surface area contributed by atoms with Crippen LogP contribution in [0, 0.1) is 5.41 Å². The van der Waals surface area contributed by atoms with E-state index in [1.807, 2.05) is 24.0 Å². The van der Waals surface area contributed by atoms with Gasteiger partial charge in [0.1, 0.15) is 0 Å². The molecule has 0 spiro atoms. The molecule has 4 heteroatoms. The molecule has 1 fully saturated rings. The highest BCUT2D eigenvalue weighted by atomic mass is 16.2. The maximum absolute atomic E-state index is 12.7. The summed E-state index contributed by atoms with van der Waals surface area (Å²) < 4.78 is 0. The molecule has 1 aliphatic heterocycles. The molecule has 1 aromatic heterocycles. The van der Waals surface area contributed by atoms with Crippen molar-refractivity contribution in [2.75, 3.05) is 19.6 Å². The van der Waals surface area contributed by atoms with Crippen LogP contribution >= 0.6 is 0 Å². The Hall–Kier alpha value is -1.42. The summed E-state index contributed by atoms with van der Waals surface area (Å²) in [5, 5.41) is 3.34. The Morgan fingerprint density at radius 3 is 2.79 bits per heavy atom. The van der Waals surface area contributed by atoms with E-state index in [1.54, 1.807) is 12.4 Å². The fourth-order valence-corrected chi connectivity index (χ4v) is 2.66. The first kappa shape index (κ1) is 14.0. The van der Waals surface area contributed by atoms with Crippen molar-refractivity contribution in [3.05, 3.63) is 30.1 Å². The van der Waals surface area contributed by atoms with Crippen molar-refractivity contribution in [2.24, 2.45) is 5.41 Å². The van der Waals surface area contributed by atoms with E-state index < -0.39 is 0 Å². The molecule has 1 aromatic rings. The van der Waals surface area contributed by atoms with Crippen LogP contribution in [0.2, 0.25) is 0 Å². The number of aromatic nitrogens is 1. The largest absolute Gasteiger partial charge is 0.338 e. The third kappa shape index (κ3) is 3.32. The lowest BCUT2D eigenvalue weighted by atomic mass is 9.81. The Bertz CT molecular complexity index is 413. The van der Waals surface area contributed by atoms with Gasteiger partial charge in [-0.25, -0.2) is 0 Å². The highest BCUT2D eigenvalue weighted by Gasteiger charge is 2.37. The minimum atomic E-state index is -0.249. The summed E-state index contributed by atoms with van der Waals surface area (Å²) in [5.74, 6) is 0.263. The lowest BCUT2D eigenvalue weighted by molar-refractivity contribution is -0.142. The minimum absolute atomic E-state index is 0.249. The molecular weight excluding hydrogens is 238 g/mol. The second-order valence-corrected chi connectivity index (χ2v) is 5.52. The van der Waals surface area contributed by atoms with Crippen LogP contribution in [0.4, 0.5) is 0 Å². The Morgan fingerprint density at radius 2 is 2.21 bits per heavy atom. The quantitative estimate of drug-likeness (QED) is 0.899. The summed E-state index contributed by atoms with van der Waals surface area (Å²) >= 11 is 0. The van der Waals surface area contributed by atoms with Crippen LogP contribution in [0.1, 0.15) is 32.3 Å². The molecule has 1 aliphatic rings. The molecule has 1 amide bonds. The fraction of sp³-hybridized carbons (Fsp3) is 0.600. The van der Waals surface area contributed by atoms with Crippen LogP contribution in [0.15, 0.2) is 24.5 Å². The zero-order valence-corrected chi connectivity index (χ0v) is 11.9. The van der Waals surface area contributed by atoms with Crippen LogP contribution in [0.5, 0.6) is 0 Å². The lowest BCUT2D eigenvalue weighted by Crippen LogP contribution is -2.50. The van der Waals surface area contributed by atoms with Gasteiger partial charge in [0.25, 0.3) is 0 Å². The van der Waals surface area contributed by atoms with Crippen LogP contribution < -0.4 is 5.32 Å². The number of rotatable bonds is 4. The van der Waals surface area contributed by atoms with Crippen molar-refractivity contribution < 1.29 is 4.79 Å². The second kappa shape index (κ2) is 6.15. The van der Waals surface area contributed by atoms with E-state index in [4.69, 9.17) is 0 Å². The summed E-state index contributed by atoms with van der Waals surface area (Å²) in [6.07, 6.45) is 5.61. The van der Waals surface area contributed by atoms with E-state index in [0.717, 1.165) is 38.0 Å². The van der Waals surface area contributed by atoms with Crippen molar-refractivity contribution in [2.45, 2.75) is 33.2 Å². The van der Waals surface area contributed by atoms with E-state index in [1.165, 1.54) is 0 Å². The first-order valence-electron chi connectivity index (χ1n) is 7.05. The van der Waals surface area contributed by atoms with E-state index >= 15 is 0 Å². The maximum atomic E-state index is 12.7. The molecule has 0 saturated carbocycles. The van der Waals surface area contributed by atoms with Gasteiger partial charge >= 0.3 is 0 Å². The van der Waals surface area contributed by atoms with Crippen molar-refractivity contribution in [1.29, 1.82) is 0 Å². The predicted octanol–water partition coefficient (Wildman–Crippen LogP) is 1.82. The Morgan fingerprint density at radius 1 is 1.47 bits per heavy atom. The van der Waals surface area contributed by atoms with Crippen molar-refractivity contribution in [3.8, 4) is 0 Å². The van der Waals surface area contributed by atoms with Gasteiger partial charge in [0, 0.05) is 32.0 Å². The number of amides is 1. The van der Waals surface area contributed by atoms with Crippen molar-refractivity contribution >= 4 is 5.91 Å². The maximum Gasteiger partial charge on any atom is 0.230 e. The molecule has 1 N–H and O–H groups in total. The molecule has 2 heterocycles. The molecule has 0 aliphatic carbocycles. The summed E-state index contributed by atoms with van der Waals surface area (Å²) in [7, 11) is 0. The summed E-state index contributed by atoms with van der Waals surface area (Å²) in [6, 6.07) is 3.94. The SMILES string of the molecule is CCN(Cc1ccncc1)C(=O)C1(C)CCCNC1. The smallest absolute Gasteiger partial charge is 0.230 e. The number of piperidine rings is 1. The highest BCUT2D eigenvalue weighted by molar-refractivity contribution is 5.82. The van der Waals surface area contributed by atoms with Crippen molar-refractivity contribution in [3.63, 3.8) is 0 Å². The third-order valence-corrected chi connectivity index (χ3v) is 3.91. The van der Waals surface area contributed by atoms with Gasteiger partial charge in [-0.2, -0.15) is 0 Å². The first-order chi connectivity index (χ1) is 9.15. The molecule has 1 saturated heterocycles. The average Bonchev–Trinajstić information content (AvgIpc) is 2.46. The number of carbonyl (C=O) groups excluding carboxylic acids is 1. The Kier molecular flexibility index (Phi) is 4.53. The third-order valence-electron chi connectivity index (χ3n) is 3.91. The molecule has 4 nitrogen and oxygen atoms in total. The van der Waals surface area contributed by atoms with E-state index in [2.05, 4.69) is 17.2 Å².